The predicted molar refractivity (Wildman–Crippen MR) is 74.2 cm³/mol. The highest BCUT2D eigenvalue weighted by Crippen LogP contribution is 2.26. The largest absolute Gasteiger partial charge is 0.331 e. The van der Waals surface area contributed by atoms with E-state index in [9.17, 15) is 9.59 Å². The van der Waals surface area contributed by atoms with Crippen LogP contribution in [0.25, 0.3) is 0 Å². The molecule has 6 heteroatoms. The molecule has 2 aliphatic rings. The van der Waals surface area contributed by atoms with E-state index < -0.39 is 0 Å². The second kappa shape index (κ2) is 5.26. The van der Waals surface area contributed by atoms with Crippen LogP contribution in [0.5, 0.6) is 0 Å². The van der Waals surface area contributed by atoms with Gasteiger partial charge in [0.1, 0.15) is 6.04 Å². The summed E-state index contributed by atoms with van der Waals surface area (Å²) in [6, 6.07) is -0.274. The third-order valence-corrected chi connectivity index (χ3v) is 4.18. The number of carbonyl (C=O) groups is 2. The summed E-state index contributed by atoms with van der Waals surface area (Å²) < 4.78 is 1.80. The maximum Gasteiger partial charge on any atom is 0.249 e. The Morgan fingerprint density at radius 3 is 2.90 bits per heavy atom. The topological polar surface area (TPSA) is 58.4 Å². The highest BCUT2D eigenvalue weighted by molar-refractivity contribution is 6.01. The van der Waals surface area contributed by atoms with Gasteiger partial charge in [0.15, 0.2) is 0 Å². The number of rotatable bonds is 2. The van der Waals surface area contributed by atoms with Crippen molar-refractivity contribution in [3.05, 3.63) is 12.4 Å². The van der Waals surface area contributed by atoms with Gasteiger partial charge in [0.2, 0.25) is 11.8 Å². The lowest BCUT2D eigenvalue weighted by molar-refractivity contribution is -0.138. The molecule has 0 bridgehead atoms. The molecule has 1 aromatic rings. The van der Waals surface area contributed by atoms with E-state index in [0.717, 1.165) is 38.0 Å². The molecule has 108 valence electrons. The van der Waals surface area contributed by atoms with Gasteiger partial charge in [0.25, 0.3) is 0 Å². The molecule has 1 atom stereocenters. The molecule has 20 heavy (non-hydrogen) atoms. The van der Waals surface area contributed by atoms with E-state index in [-0.39, 0.29) is 17.9 Å². The average Bonchev–Trinajstić information content (AvgIpc) is 2.91. The molecule has 2 amide bonds. The van der Waals surface area contributed by atoms with Gasteiger partial charge in [-0.25, -0.2) is 0 Å². The van der Waals surface area contributed by atoms with Gasteiger partial charge >= 0.3 is 0 Å². The van der Waals surface area contributed by atoms with Crippen LogP contribution in [0.1, 0.15) is 32.6 Å². The zero-order chi connectivity index (χ0) is 14.1. The number of amides is 2. The highest BCUT2D eigenvalue weighted by Gasteiger charge is 2.38. The number of nitrogens with zero attached hydrogens (tertiary/aromatic N) is 4. The van der Waals surface area contributed by atoms with Crippen LogP contribution >= 0.6 is 0 Å². The highest BCUT2D eigenvalue weighted by atomic mass is 16.2. The van der Waals surface area contributed by atoms with Gasteiger partial charge in [-0.1, -0.05) is 0 Å². The first-order valence-electron chi connectivity index (χ1n) is 7.34. The van der Waals surface area contributed by atoms with Gasteiger partial charge in [-0.3, -0.25) is 14.3 Å². The van der Waals surface area contributed by atoms with E-state index in [1.54, 1.807) is 20.7 Å². The molecule has 1 unspecified atom stereocenters. The van der Waals surface area contributed by atoms with E-state index in [0.29, 0.717) is 13.0 Å². The van der Waals surface area contributed by atoms with E-state index in [1.165, 1.54) is 0 Å². The minimum Gasteiger partial charge on any atom is -0.331 e. The predicted octanol–water partition coefficient (Wildman–Crippen LogP) is 1.02. The quantitative estimate of drug-likeness (QED) is 0.810. The van der Waals surface area contributed by atoms with E-state index in [1.807, 2.05) is 13.1 Å². The van der Waals surface area contributed by atoms with Crippen molar-refractivity contribution in [2.45, 2.75) is 45.2 Å². The van der Waals surface area contributed by atoms with E-state index in [4.69, 9.17) is 0 Å². The van der Waals surface area contributed by atoms with Gasteiger partial charge in [0, 0.05) is 32.3 Å². The Kier molecular flexibility index (Phi) is 3.46. The minimum absolute atomic E-state index is 0.0474. The summed E-state index contributed by atoms with van der Waals surface area (Å²) in [5.74, 6) is 0.152. The zero-order valence-electron chi connectivity index (χ0n) is 11.8. The number of hydrogen-bond acceptors (Lipinski definition) is 3. The Morgan fingerprint density at radius 1 is 1.30 bits per heavy atom. The van der Waals surface area contributed by atoms with Crippen LogP contribution in [0, 0.1) is 0 Å². The molecule has 0 radical (unpaired) electrons. The average molecular weight is 276 g/mol. The Hall–Kier alpha value is -1.85. The van der Waals surface area contributed by atoms with Crippen molar-refractivity contribution < 1.29 is 9.59 Å². The summed E-state index contributed by atoms with van der Waals surface area (Å²) in [7, 11) is 0. The molecule has 0 spiro atoms. The molecular weight excluding hydrogens is 256 g/mol. The molecular formula is C14H20N4O2. The molecule has 2 fully saturated rings. The molecule has 0 aromatic carbocycles. The summed E-state index contributed by atoms with van der Waals surface area (Å²) in [6.07, 6.45) is 6.79. The summed E-state index contributed by atoms with van der Waals surface area (Å²) in [5, 5.41) is 4.22. The van der Waals surface area contributed by atoms with Crippen LogP contribution in [0.2, 0.25) is 0 Å². The number of carbonyl (C=O) groups excluding carboxylic acids is 2. The molecule has 0 aliphatic carbocycles. The summed E-state index contributed by atoms with van der Waals surface area (Å²) in [6.45, 7) is 3.96. The number of hydrogen-bond donors (Lipinski definition) is 0. The Balaban J connectivity index is 1.88. The first-order valence-corrected chi connectivity index (χ1v) is 7.34. The van der Waals surface area contributed by atoms with Gasteiger partial charge in [0.05, 0.1) is 11.9 Å². The van der Waals surface area contributed by atoms with Crippen molar-refractivity contribution in [2.24, 2.45) is 0 Å². The lowest BCUT2D eigenvalue weighted by Crippen LogP contribution is -2.49. The van der Waals surface area contributed by atoms with Crippen molar-refractivity contribution in [1.29, 1.82) is 0 Å². The molecule has 2 aliphatic heterocycles. The van der Waals surface area contributed by atoms with Gasteiger partial charge < -0.3 is 9.80 Å². The summed E-state index contributed by atoms with van der Waals surface area (Å²) in [5.41, 5.74) is 0.803. The van der Waals surface area contributed by atoms with Crippen LogP contribution in [0.15, 0.2) is 12.4 Å². The van der Waals surface area contributed by atoms with Crippen LogP contribution in [0.4, 0.5) is 5.69 Å². The normalized spacial score (nSPS) is 23.8. The maximum atomic E-state index is 12.7. The van der Waals surface area contributed by atoms with Gasteiger partial charge in [-0.05, 0) is 26.2 Å². The SMILES string of the molecule is CCn1cc(N2CCC(=O)N3CCCCC3C2=O)cn1. The number of aromatic nitrogens is 2. The second-order valence-electron chi connectivity index (χ2n) is 5.39. The van der Waals surface area contributed by atoms with Crippen molar-refractivity contribution in [3.8, 4) is 0 Å². The standard InChI is InChI=1S/C14H20N4O2/c1-2-16-10-11(9-15-16)17-8-6-13(19)18-7-4-3-5-12(18)14(17)20/h9-10,12H,2-8H2,1H3. The zero-order valence-corrected chi connectivity index (χ0v) is 11.8. The van der Waals surface area contributed by atoms with Crippen LogP contribution in [-0.4, -0.2) is 45.6 Å². The van der Waals surface area contributed by atoms with Crippen LogP contribution in [0.3, 0.4) is 0 Å². The van der Waals surface area contributed by atoms with E-state index >= 15 is 0 Å². The number of aryl methyl sites for hydroxylation is 1. The molecule has 1 aromatic heterocycles. The Morgan fingerprint density at radius 2 is 2.15 bits per heavy atom. The first kappa shape index (κ1) is 13.1. The molecule has 0 N–H and O–H groups in total. The van der Waals surface area contributed by atoms with Crippen molar-refractivity contribution in [2.75, 3.05) is 18.0 Å². The van der Waals surface area contributed by atoms with Gasteiger partial charge in [-0.15, -0.1) is 0 Å². The van der Waals surface area contributed by atoms with Crippen molar-refractivity contribution in [3.63, 3.8) is 0 Å². The fourth-order valence-corrected chi connectivity index (χ4v) is 3.05. The summed E-state index contributed by atoms with van der Waals surface area (Å²) in [4.78, 5) is 28.4. The third-order valence-electron chi connectivity index (χ3n) is 4.18. The van der Waals surface area contributed by atoms with Crippen LogP contribution < -0.4 is 4.90 Å². The molecule has 2 saturated heterocycles. The number of anilines is 1. The molecule has 3 rings (SSSR count). The number of piperidine rings is 1. The Labute approximate surface area is 118 Å². The Bertz CT molecular complexity index is 525. The second-order valence-corrected chi connectivity index (χ2v) is 5.39. The fourth-order valence-electron chi connectivity index (χ4n) is 3.05. The van der Waals surface area contributed by atoms with Gasteiger partial charge in [-0.2, -0.15) is 5.10 Å². The van der Waals surface area contributed by atoms with Crippen molar-refractivity contribution in [1.82, 2.24) is 14.7 Å². The summed E-state index contributed by atoms with van der Waals surface area (Å²) >= 11 is 0. The number of fused-ring (bicyclic) bond motifs is 1. The van der Waals surface area contributed by atoms with Crippen LogP contribution in [-0.2, 0) is 16.1 Å². The lowest BCUT2D eigenvalue weighted by Gasteiger charge is -2.34. The third kappa shape index (κ3) is 2.19. The molecule has 3 heterocycles. The molecule has 6 nitrogen and oxygen atoms in total. The monoisotopic (exact) mass is 276 g/mol. The first-order chi connectivity index (χ1) is 9.70. The fraction of sp³-hybridized carbons (Fsp3) is 0.643. The minimum atomic E-state index is -0.274. The van der Waals surface area contributed by atoms with Crippen molar-refractivity contribution >= 4 is 17.5 Å². The smallest absolute Gasteiger partial charge is 0.249 e. The lowest BCUT2D eigenvalue weighted by atomic mass is 10.0. The maximum absolute atomic E-state index is 12.7. The van der Waals surface area contributed by atoms with E-state index in [2.05, 4.69) is 5.10 Å². The molecule has 0 saturated carbocycles.